The predicted octanol–water partition coefficient (Wildman–Crippen LogP) is -1.66. The van der Waals surface area contributed by atoms with E-state index in [0.717, 1.165) is 17.7 Å². The van der Waals surface area contributed by atoms with E-state index in [0.29, 0.717) is 25.5 Å². The van der Waals surface area contributed by atoms with Crippen LogP contribution in [0.15, 0.2) is 9.59 Å². The summed E-state index contributed by atoms with van der Waals surface area (Å²) in [4.78, 5) is 28.1. The van der Waals surface area contributed by atoms with Crippen LogP contribution in [0.25, 0.3) is 0 Å². The van der Waals surface area contributed by atoms with Crippen molar-refractivity contribution in [3.63, 3.8) is 0 Å². The zero-order chi connectivity index (χ0) is 15.8. The molecule has 1 saturated heterocycles. The van der Waals surface area contributed by atoms with Crippen LogP contribution in [-0.2, 0) is 14.1 Å². The molecule has 0 aromatic carbocycles. The second-order valence-electron chi connectivity index (χ2n) is 6.08. The van der Waals surface area contributed by atoms with Crippen molar-refractivity contribution < 1.29 is 0 Å². The lowest BCUT2D eigenvalue weighted by Crippen LogP contribution is -2.58. The molecular formula is C13H24N6O2. The van der Waals surface area contributed by atoms with Crippen LogP contribution in [0.5, 0.6) is 0 Å². The van der Waals surface area contributed by atoms with E-state index in [-0.39, 0.29) is 11.1 Å². The van der Waals surface area contributed by atoms with Crippen molar-refractivity contribution in [1.29, 1.82) is 0 Å². The van der Waals surface area contributed by atoms with E-state index in [1.807, 2.05) is 4.90 Å². The zero-order valence-corrected chi connectivity index (χ0v) is 13.2. The van der Waals surface area contributed by atoms with Gasteiger partial charge in [-0.05, 0) is 13.8 Å². The summed E-state index contributed by atoms with van der Waals surface area (Å²) >= 11 is 0. The molecule has 8 nitrogen and oxygen atoms in total. The molecule has 0 amide bonds. The maximum Gasteiger partial charge on any atom is 0.346 e. The molecule has 1 aromatic rings. The molecule has 0 atom stereocenters. The summed E-state index contributed by atoms with van der Waals surface area (Å²) in [6.45, 7) is 7.86. The van der Waals surface area contributed by atoms with E-state index in [1.165, 1.54) is 11.7 Å². The molecule has 1 aromatic heterocycles. The number of hydrogen-bond donors (Lipinski definition) is 1. The summed E-state index contributed by atoms with van der Waals surface area (Å²) in [7, 11) is 3.03. The Morgan fingerprint density at radius 3 is 2.24 bits per heavy atom. The first kappa shape index (κ1) is 15.7. The third-order valence-electron chi connectivity index (χ3n) is 4.24. The number of nitrogens with two attached hydrogens (primary N) is 1. The monoisotopic (exact) mass is 296 g/mol. The molecule has 0 bridgehead atoms. The van der Waals surface area contributed by atoms with E-state index >= 15 is 0 Å². The third kappa shape index (κ3) is 2.86. The van der Waals surface area contributed by atoms with Gasteiger partial charge in [-0.1, -0.05) is 0 Å². The fourth-order valence-corrected chi connectivity index (χ4v) is 2.53. The Balaban J connectivity index is 2.21. The van der Waals surface area contributed by atoms with Crippen molar-refractivity contribution in [3.05, 3.63) is 20.8 Å². The Morgan fingerprint density at radius 2 is 1.71 bits per heavy atom. The maximum atomic E-state index is 12.2. The largest absolute Gasteiger partial charge is 0.348 e. The number of piperazine rings is 1. The van der Waals surface area contributed by atoms with Crippen molar-refractivity contribution >= 4 is 5.82 Å². The van der Waals surface area contributed by atoms with Crippen LogP contribution in [0.4, 0.5) is 5.82 Å². The van der Waals surface area contributed by atoms with Gasteiger partial charge in [-0.15, -0.1) is 5.10 Å². The van der Waals surface area contributed by atoms with Gasteiger partial charge < -0.3 is 10.6 Å². The van der Waals surface area contributed by atoms with Crippen molar-refractivity contribution in [3.8, 4) is 0 Å². The van der Waals surface area contributed by atoms with Gasteiger partial charge in [-0.3, -0.25) is 14.3 Å². The smallest absolute Gasteiger partial charge is 0.346 e. The molecule has 118 valence electrons. The minimum absolute atomic E-state index is 0.0476. The Morgan fingerprint density at radius 1 is 1.14 bits per heavy atom. The minimum atomic E-state index is -0.411. The SMILES string of the molecule is Cn1nc(N2CCN(C(C)(C)CN)CC2)c(=O)n(C)c1=O. The van der Waals surface area contributed by atoms with Crippen LogP contribution in [0.2, 0.25) is 0 Å². The minimum Gasteiger partial charge on any atom is -0.348 e. The quantitative estimate of drug-likeness (QED) is 0.718. The highest BCUT2D eigenvalue weighted by molar-refractivity contribution is 5.35. The van der Waals surface area contributed by atoms with E-state index in [1.54, 1.807) is 7.05 Å². The Bertz CT molecular complexity index is 625. The molecule has 2 heterocycles. The second kappa shape index (κ2) is 5.61. The number of anilines is 1. The van der Waals surface area contributed by atoms with Gasteiger partial charge in [0.15, 0.2) is 0 Å². The molecular weight excluding hydrogens is 272 g/mol. The fourth-order valence-electron chi connectivity index (χ4n) is 2.53. The summed E-state index contributed by atoms with van der Waals surface area (Å²) < 4.78 is 2.30. The normalized spacial score (nSPS) is 17.3. The Hall–Kier alpha value is -1.67. The fraction of sp³-hybridized carbons (Fsp3) is 0.769. The molecule has 0 spiro atoms. The molecule has 0 unspecified atom stereocenters. The lowest BCUT2D eigenvalue weighted by molar-refractivity contribution is 0.118. The van der Waals surface area contributed by atoms with E-state index in [9.17, 15) is 9.59 Å². The van der Waals surface area contributed by atoms with Crippen LogP contribution < -0.4 is 21.9 Å². The lowest BCUT2D eigenvalue weighted by atomic mass is 10.0. The Labute approximate surface area is 123 Å². The molecule has 1 aliphatic rings. The van der Waals surface area contributed by atoms with Crippen LogP contribution in [-0.4, -0.2) is 57.5 Å². The molecule has 1 fully saturated rings. The first-order chi connectivity index (χ1) is 9.77. The molecule has 1 aliphatic heterocycles. The molecule has 2 N–H and O–H groups in total. The Kier molecular flexibility index (Phi) is 4.20. The van der Waals surface area contributed by atoms with Gasteiger partial charge >= 0.3 is 5.69 Å². The van der Waals surface area contributed by atoms with E-state index in [2.05, 4.69) is 23.8 Å². The van der Waals surface area contributed by atoms with Crippen molar-refractivity contribution in [2.45, 2.75) is 19.4 Å². The summed E-state index contributed by atoms with van der Waals surface area (Å²) in [5.41, 5.74) is 5.00. The van der Waals surface area contributed by atoms with Gasteiger partial charge in [0.1, 0.15) is 0 Å². The molecule has 0 aliphatic carbocycles. The first-order valence-corrected chi connectivity index (χ1v) is 7.12. The summed E-state index contributed by atoms with van der Waals surface area (Å²) in [6, 6.07) is 0. The number of aromatic nitrogens is 3. The van der Waals surface area contributed by atoms with Crippen molar-refractivity contribution in [2.24, 2.45) is 19.8 Å². The highest BCUT2D eigenvalue weighted by Gasteiger charge is 2.30. The van der Waals surface area contributed by atoms with Gasteiger partial charge in [-0.25, -0.2) is 9.48 Å². The first-order valence-electron chi connectivity index (χ1n) is 7.12. The number of nitrogens with zero attached hydrogens (tertiary/aromatic N) is 5. The van der Waals surface area contributed by atoms with Gasteiger partial charge in [-0.2, -0.15) is 0 Å². The van der Waals surface area contributed by atoms with Crippen molar-refractivity contribution in [1.82, 2.24) is 19.2 Å². The van der Waals surface area contributed by atoms with Gasteiger partial charge in [0.05, 0.1) is 0 Å². The third-order valence-corrected chi connectivity index (χ3v) is 4.24. The van der Waals surface area contributed by atoms with Crippen LogP contribution in [0.3, 0.4) is 0 Å². The average Bonchev–Trinajstić information content (AvgIpc) is 2.49. The van der Waals surface area contributed by atoms with E-state index in [4.69, 9.17) is 5.73 Å². The maximum absolute atomic E-state index is 12.2. The molecule has 2 rings (SSSR count). The standard InChI is InChI=1S/C13H24N6O2/c1-13(2,9-14)19-7-5-18(6-8-19)10-11(20)16(3)12(21)17(4)15-10/h5-9,14H2,1-4H3. The topological polar surface area (TPSA) is 89.4 Å². The summed E-state index contributed by atoms with van der Waals surface area (Å²) in [6.07, 6.45) is 0. The highest BCUT2D eigenvalue weighted by Crippen LogP contribution is 2.17. The second-order valence-corrected chi connectivity index (χ2v) is 6.08. The van der Waals surface area contributed by atoms with Gasteiger partial charge in [0.25, 0.3) is 5.56 Å². The number of aryl methyl sites for hydroxylation is 1. The van der Waals surface area contributed by atoms with Crippen LogP contribution in [0.1, 0.15) is 13.8 Å². The van der Waals surface area contributed by atoms with Crippen molar-refractivity contribution in [2.75, 3.05) is 37.6 Å². The van der Waals surface area contributed by atoms with Crippen LogP contribution >= 0.6 is 0 Å². The lowest BCUT2D eigenvalue weighted by Gasteiger charge is -2.43. The summed E-state index contributed by atoms with van der Waals surface area (Å²) in [5.74, 6) is 0.338. The predicted molar refractivity (Wildman–Crippen MR) is 81.6 cm³/mol. The summed E-state index contributed by atoms with van der Waals surface area (Å²) in [5, 5.41) is 4.12. The van der Waals surface area contributed by atoms with E-state index < -0.39 is 5.69 Å². The average molecular weight is 296 g/mol. The van der Waals surface area contributed by atoms with Gasteiger partial charge in [0.2, 0.25) is 5.82 Å². The number of rotatable bonds is 3. The van der Waals surface area contributed by atoms with Gasteiger partial charge in [0, 0.05) is 52.4 Å². The highest BCUT2D eigenvalue weighted by atomic mass is 16.2. The number of hydrogen-bond acceptors (Lipinski definition) is 6. The molecule has 0 saturated carbocycles. The molecule has 21 heavy (non-hydrogen) atoms. The molecule has 8 heteroatoms. The zero-order valence-electron chi connectivity index (χ0n) is 13.2. The molecule has 0 radical (unpaired) electrons. The van der Waals surface area contributed by atoms with Crippen LogP contribution in [0, 0.1) is 0 Å².